The summed E-state index contributed by atoms with van der Waals surface area (Å²) < 4.78 is 20.8. The Morgan fingerprint density at radius 3 is 2.00 bits per heavy atom. The molecule has 0 unspecified atom stereocenters. The molecule has 0 atom stereocenters. The molecule has 23 valence electrons. The molecule has 0 heterocycles. The third-order valence-corrected chi connectivity index (χ3v) is 0. The number of halogens is 1. The van der Waals surface area contributed by atoms with Gasteiger partial charge in [0.25, 0.3) is 0 Å². The molecule has 0 N–H and O–H groups in total. The van der Waals surface area contributed by atoms with Crippen molar-refractivity contribution in [2.45, 2.75) is 0 Å². The first-order valence-corrected chi connectivity index (χ1v) is 0.267. The van der Waals surface area contributed by atoms with Gasteiger partial charge in [0.15, 0.2) is 0 Å². The van der Waals surface area contributed by atoms with Crippen LogP contribution in [-0.4, -0.2) is 11.0 Å². The molecule has 0 amide bonds. The summed E-state index contributed by atoms with van der Waals surface area (Å²) in [5, 5.41) is 0. The molecule has 1 radical (unpaired) electrons. The van der Waals surface area contributed by atoms with Gasteiger partial charge in [0.1, 0.15) is 0 Å². The molecular formula is CH4BFU-. The zero-order valence-corrected chi connectivity index (χ0v) is 6.33. The smallest absolute Gasteiger partial charge is 0.0643 e. The molecule has 0 bridgehead atoms. The standard InChI is InChI=1S/CH2F.BH2.U/c1-2;;/h1H2;1H2;/q-1;;/i;1D2;. The average molecular weight is 286 g/mol. The van der Waals surface area contributed by atoms with Crippen LogP contribution in [-0.2, 0) is 0 Å². The first kappa shape index (κ1) is 5.05. The van der Waals surface area contributed by atoms with Gasteiger partial charge in [-0.25, -0.2) is 0 Å². The predicted octanol–water partition coefficient (Wildman–Crippen LogP) is -0.169. The topological polar surface area (TPSA) is 0 Å². The Morgan fingerprint density at radius 2 is 2.00 bits per heavy atom. The van der Waals surface area contributed by atoms with Crippen LogP contribution in [0, 0.1) is 38.3 Å². The van der Waals surface area contributed by atoms with Crippen molar-refractivity contribution in [1.29, 1.82) is 2.67 Å². The second kappa shape index (κ2) is 34.3. The molecule has 0 aliphatic carbocycles. The van der Waals surface area contributed by atoms with Crippen LogP contribution in [0.3, 0.4) is 0 Å². The quantitative estimate of drug-likeness (QED) is 0.428. The van der Waals surface area contributed by atoms with E-state index in [0.717, 1.165) is 0 Å². The van der Waals surface area contributed by atoms with Crippen LogP contribution in [0.1, 0.15) is 0 Å². The van der Waals surface area contributed by atoms with Gasteiger partial charge in [-0.15, -0.1) is 0 Å². The molecule has 0 aliphatic rings. The summed E-state index contributed by atoms with van der Waals surface area (Å²) in [7, 11) is 2.25. The molecule has 0 aromatic rings. The zero-order chi connectivity index (χ0) is 4.71. The molecule has 3 heteroatoms. The fraction of sp³-hybridized carbons (Fsp3) is 0. The molecule has 0 spiro atoms. The summed E-state index contributed by atoms with van der Waals surface area (Å²) in [5.41, 5.74) is 0. The SMILES string of the molecule is [2H][B][2H].[CH2-]F.[U]. The number of hydrogen-bond acceptors (Lipinski definition) is 0. The summed E-state index contributed by atoms with van der Waals surface area (Å²) >= 11 is 0. The van der Waals surface area contributed by atoms with Crippen LogP contribution in [0.25, 0.3) is 0 Å². The Bertz CT molecular complexity index is 13.5. The Labute approximate surface area is 53.8 Å². The minimum absolute atomic E-state index is 0. The molecule has 4 heavy (non-hydrogen) atoms. The van der Waals surface area contributed by atoms with E-state index in [4.69, 9.17) is 2.67 Å². The fourth-order valence-corrected chi connectivity index (χ4v) is 0. The molecule has 0 aromatic carbocycles. The van der Waals surface area contributed by atoms with Gasteiger partial charge < -0.3 is 4.39 Å². The molecule has 0 aromatic heterocycles. The minimum atomic E-state index is 0. The van der Waals surface area contributed by atoms with Crippen LogP contribution in [0.4, 0.5) is 4.39 Å². The van der Waals surface area contributed by atoms with Crippen molar-refractivity contribution < 1.29 is 35.5 Å². The average Bonchev–Trinajstić information content (AvgIpc) is 1.46. The summed E-state index contributed by atoms with van der Waals surface area (Å²) in [4.78, 5) is 0. The largest absolute Gasteiger partial charge is 0.463 e. The minimum Gasteiger partial charge on any atom is -0.463 e. The maximum Gasteiger partial charge on any atom is 0.0643 e. The molecular weight excluding hydrogens is 280 g/mol. The number of hydrogen-bond donors (Lipinski definition) is 0. The van der Waals surface area contributed by atoms with Gasteiger partial charge in [-0.1, -0.05) is 0 Å². The molecule has 0 rings (SSSR count). The van der Waals surface area contributed by atoms with Crippen molar-refractivity contribution in [3.8, 4) is 0 Å². The van der Waals surface area contributed by atoms with Crippen molar-refractivity contribution in [2.24, 2.45) is 0 Å². The molecule has 0 aliphatic heterocycles. The predicted molar refractivity (Wildman–Crippen MR) is 15.0 cm³/mol. The Balaban J connectivity index is -0.0000000275. The first-order valence-electron chi connectivity index (χ1n) is 1.42. The van der Waals surface area contributed by atoms with Gasteiger partial charge in [-0.3, -0.25) is 0 Å². The molecule has 0 nitrogen and oxygen atoms in total. The molecule has 0 fully saturated rings. The van der Waals surface area contributed by atoms with E-state index in [2.05, 4.69) is 0 Å². The Morgan fingerprint density at radius 1 is 2.00 bits per heavy atom. The molecule has 0 saturated carbocycles. The Kier molecular flexibility index (Phi) is 43.3. The van der Waals surface area contributed by atoms with Crippen molar-refractivity contribution in [2.75, 3.05) is 0 Å². The van der Waals surface area contributed by atoms with E-state index in [1.54, 1.807) is 7.18 Å². The number of rotatable bonds is 0. The van der Waals surface area contributed by atoms with Crippen LogP contribution in [0.2, 0.25) is 0 Å². The maximum atomic E-state index is 9.25. The van der Waals surface area contributed by atoms with Gasteiger partial charge in [0.2, 0.25) is 0 Å². The summed E-state index contributed by atoms with van der Waals surface area (Å²) in [6.07, 6.45) is 0. The van der Waals surface area contributed by atoms with E-state index in [-0.39, 0.29) is 31.1 Å². The van der Waals surface area contributed by atoms with E-state index in [1.165, 1.54) is 0 Å². The molecule has 0 saturated heterocycles. The van der Waals surface area contributed by atoms with Gasteiger partial charge in [-0.2, -0.15) is 7.18 Å². The first-order chi connectivity index (χ1) is 2.41. The zero-order valence-electron chi connectivity index (χ0n) is 4.16. The Hall–Kier alpha value is 1.05. The normalized spacial score (nSPS) is 5.50. The summed E-state index contributed by atoms with van der Waals surface area (Å²) in [5.74, 6) is 0. The summed E-state index contributed by atoms with van der Waals surface area (Å²) in [6.45, 7) is 0. The van der Waals surface area contributed by atoms with Crippen molar-refractivity contribution in [1.82, 2.24) is 0 Å². The maximum absolute atomic E-state index is 9.25. The van der Waals surface area contributed by atoms with Gasteiger partial charge >= 0.3 is 0 Å². The van der Waals surface area contributed by atoms with E-state index >= 15 is 0 Å². The van der Waals surface area contributed by atoms with Gasteiger partial charge in [0, 0.05) is 31.1 Å². The summed E-state index contributed by atoms with van der Waals surface area (Å²) in [6, 6.07) is 0. The van der Waals surface area contributed by atoms with Crippen molar-refractivity contribution in [3.63, 3.8) is 0 Å². The van der Waals surface area contributed by atoms with E-state index in [0.29, 0.717) is 8.34 Å². The third-order valence-electron chi connectivity index (χ3n) is 0. The van der Waals surface area contributed by atoms with Crippen LogP contribution >= 0.6 is 0 Å². The van der Waals surface area contributed by atoms with E-state index in [1.807, 2.05) is 0 Å². The van der Waals surface area contributed by atoms with Crippen molar-refractivity contribution in [3.05, 3.63) is 7.18 Å². The van der Waals surface area contributed by atoms with Crippen LogP contribution < -0.4 is 0 Å². The fourth-order valence-electron chi connectivity index (χ4n) is 0. The van der Waals surface area contributed by atoms with E-state index in [9.17, 15) is 4.39 Å². The second-order valence-electron chi connectivity index (χ2n) is 0. The van der Waals surface area contributed by atoms with Crippen molar-refractivity contribution >= 4 is 8.34 Å². The van der Waals surface area contributed by atoms with Crippen LogP contribution in [0.5, 0.6) is 0 Å². The second-order valence-corrected chi connectivity index (χ2v) is 0. The monoisotopic (exact) mass is 286 g/mol. The van der Waals surface area contributed by atoms with Crippen LogP contribution in [0.15, 0.2) is 0 Å². The van der Waals surface area contributed by atoms with Gasteiger partial charge in [0.05, 0.1) is 8.34 Å². The van der Waals surface area contributed by atoms with E-state index < -0.39 is 0 Å². The van der Waals surface area contributed by atoms with Gasteiger partial charge in [-0.05, 0) is 2.67 Å². The third kappa shape index (κ3) is 11.6.